The Hall–Kier alpha value is -0.850. The average molecular weight is 336 g/mol. The standard InChI is InChI=1S/C15H29N3O3.ClH/c1-3-18(4-2)13(19)6-5-9-17-15(20)14(16)12-7-10-21-11-8-12;/h12,14H,3-11,16H2,1-2H3,(H,17,20);1H. The van der Waals surface area contributed by atoms with Gasteiger partial charge >= 0.3 is 0 Å². The molecule has 6 nitrogen and oxygen atoms in total. The zero-order chi connectivity index (χ0) is 15.7. The Balaban J connectivity index is 0.00000441. The van der Waals surface area contributed by atoms with Crippen LogP contribution >= 0.6 is 12.4 Å². The molecule has 0 radical (unpaired) electrons. The molecule has 0 bridgehead atoms. The molecule has 1 fully saturated rings. The third-order valence-electron chi connectivity index (χ3n) is 4.06. The van der Waals surface area contributed by atoms with Crippen LogP contribution in [0.5, 0.6) is 0 Å². The molecule has 1 rings (SSSR count). The Morgan fingerprint density at radius 3 is 2.41 bits per heavy atom. The summed E-state index contributed by atoms with van der Waals surface area (Å²) in [7, 11) is 0. The third kappa shape index (κ3) is 6.94. The van der Waals surface area contributed by atoms with Crippen LogP contribution in [0.1, 0.15) is 39.5 Å². The van der Waals surface area contributed by atoms with Gasteiger partial charge < -0.3 is 20.7 Å². The number of rotatable bonds is 8. The normalized spacial score (nSPS) is 16.5. The molecule has 0 aromatic carbocycles. The number of carbonyl (C=O) groups is 2. The second-order valence-corrected chi connectivity index (χ2v) is 5.44. The molecule has 0 aliphatic carbocycles. The fourth-order valence-electron chi connectivity index (χ4n) is 2.59. The van der Waals surface area contributed by atoms with Crippen LogP contribution < -0.4 is 11.1 Å². The van der Waals surface area contributed by atoms with Gasteiger partial charge in [-0.3, -0.25) is 9.59 Å². The first-order valence-corrected chi connectivity index (χ1v) is 7.98. The Morgan fingerprint density at radius 1 is 1.27 bits per heavy atom. The van der Waals surface area contributed by atoms with Crippen LogP contribution in [0, 0.1) is 5.92 Å². The van der Waals surface area contributed by atoms with E-state index < -0.39 is 6.04 Å². The molecule has 7 heteroatoms. The minimum Gasteiger partial charge on any atom is -0.381 e. The number of ether oxygens (including phenoxy) is 1. The number of nitrogens with one attached hydrogen (secondary N) is 1. The summed E-state index contributed by atoms with van der Waals surface area (Å²) < 4.78 is 5.27. The molecule has 1 aliphatic heterocycles. The van der Waals surface area contributed by atoms with Crippen molar-refractivity contribution in [3.63, 3.8) is 0 Å². The van der Waals surface area contributed by atoms with E-state index in [0.717, 1.165) is 25.9 Å². The first-order chi connectivity index (χ1) is 10.1. The molecule has 1 saturated heterocycles. The van der Waals surface area contributed by atoms with Gasteiger partial charge in [-0.05, 0) is 39.0 Å². The number of nitrogens with zero attached hydrogens (tertiary/aromatic N) is 1. The van der Waals surface area contributed by atoms with Crippen molar-refractivity contribution in [2.75, 3.05) is 32.8 Å². The van der Waals surface area contributed by atoms with Crippen molar-refractivity contribution in [2.24, 2.45) is 11.7 Å². The fraction of sp³-hybridized carbons (Fsp3) is 0.867. The lowest BCUT2D eigenvalue weighted by Crippen LogP contribution is -2.47. The summed E-state index contributed by atoms with van der Waals surface area (Å²) in [6, 6.07) is -0.465. The van der Waals surface area contributed by atoms with Crippen LogP contribution in [0.15, 0.2) is 0 Å². The van der Waals surface area contributed by atoms with E-state index >= 15 is 0 Å². The smallest absolute Gasteiger partial charge is 0.237 e. The van der Waals surface area contributed by atoms with Crippen molar-refractivity contribution < 1.29 is 14.3 Å². The molecule has 0 aromatic rings. The highest BCUT2D eigenvalue weighted by atomic mass is 35.5. The van der Waals surface area contributed by atoms with Crippen LogP contribution in [0.2, 0.25) is 0 Å². The number of carbonyl (C=O) groups excluding carboxylic acids is 2. The number of nitrogens with two attached hydrogens (primary N) is 1. The average Bonchev–Trinajstić information content (AvgIpc) is 2.52. The second kappa shape index (κ2) is 11.7. The van der Waals surface area contributed by atoms with Gasteiger partial charge in [0.2, 0.25) is 11.8 Å². The topological polar surface area (TPSA) is 84.7 Å². The van der Waals surface area contributed by atoms with Gasteiger partial charge in [0.1, 0.15) is 0 Å². The predicted molar refractivity (Wildman–Crippen MR) is 88.9 cm³/mol. The zero-order valence-electron chi connectivity index (χ0n) is 13.7. The maximum absolute atomic E-state index is 12.0. The minimum atomic E-state index is -0.465. The second-order valence-electron chi connectivity index (χ2n) is 5.44. The highest BCUT2D eigenvalue weighted by molar-refractivity contribution is 5.85. The molecule has 0 spiro atoms. The van der Waals surface area contributed by atoms with E-state index in [4.69, 9.17) is 10.5 Å². The van der Waals surface area contributed by atoms with E-state index in [9.17, 15) is 9.59 Å². The maximum Gasteiger partial charge on any atom is 0.237 e. The summed E-state index contributed by atoms with van der Waals surface area (Å²) in [5.41, 5.74) is 5.98. The number of amides is 2. The van der Waals surface area contributed by atoms with Gasteiger partial charge in [0.15, 0.2) is 0 Å². The van der Waals surface area contributed by atoms with Gasteiger partial charge in [0.25, 0.3) is 0 Å². The summed E-state index contributed by atoms with van der Waals surface area (Å²) in [6.45, 7) is 7.27. The third-order valence-corrected chi connectivity index (χ3v) is 4.06. The summed E-state index contributed by atoms with van der Waals surface area (Å²) in [4.78, 5) is 25.6. The minimum absolute atomic E-state index is 0. The lowest BCUT2D eigenvalue weighted by atomic mass is 9.92. The predicted octanol–water partition coefficient (Wildman–Crippen LogP) is 0.927. The molecule has 130 valence electrons. The van der Waals surface area contributed by atoms with Crippen molar-refractivity contribution >= 4 is 24.2 Å². The lowest BCUT2D eigenvalue weighted by Gasteiger charge is -2.26. The number of halogens is 1. The molecule has 0 aromatic heterocycles. The first-order valence-electron chi connectivity index (χ1n) is 7.98. The Bertz CT molecular complexity index is 332. The molecule has 22 heavy (non-hydrogen) atoms. The Morgan fingerprint density at radius 2 is 1.86 bits per heavy atom. The van der Waals surface area contributed by atoms with Crippen molar-refractivity contribution in [2.45, 2.75) is 45.6 Å². The van der Waals surface area contributed by atoms with Crippen LogP contribution in [-0.4, -0.2) is 55.6 Å². The first kappa shape index (κ1) is 21.1. The van der Waals surface area contributed by atoms with Crippen LogP contribution in [0.4, 0.5) is 0 Å². The van der Waals surface area contributed by atoms with E-state index in [1.165, 1.54) is 0 Å². The van der Waals surface area contributed by atoms with Gasteiger partial charge in [0.05, 0.1) is 6.04 Å². The monoisotopic (exact) mass is 335 g/mol. The Labute approximate surface area is 139 Å². The van der Waals surface area contributed by atoms with Crippen LogP contribution in [0.25, 0.3) is 0 Å². The van der Waals surface area contributed by atoms with E-state index in [0.29, 0.717) is 32.6 Å². The SMILES string of the molecule is CCN(CC)C(=O)CCCNC(=O)C(N)C1CCOCC1.Cl. The number of hydrogen-bond acceptors (Lipinski definition) is 4. The van der Waals surface area contributed by atoms with E-state index in [1.807, 2.05) is 13.8 Å². The molecular weight excluding hydrogens is 306 g/mol. The summed E-state index contributed by atoms with van der Waals surface area (Å²) in [5.74, 6) is 0.233. The molecule has 1 atom stereocenters. The largest absolute Gasteiger partial charge is 0.381 e. The van der Waals surface area contributed by atoms with Gasteiger partial charge in [-0.25, -0.2) is 0 Å². The number of hydrogen-bond donors (Lipinski definition) is 2. The fourth-order valence-corrected chi connectivity index (χ4v) is 2.59. The van der Waals surface area contributed by atoms with Crippen molar-refractivity contribution in [1.29, 1.82) is 0 Å². The van der Waals surface area contributed by atoms with Crippen molar-refractivity contribution in [3.05, 3.63) is 0 Å². The van der Waals surface area contributed by atoms with Crippen LogP contribution in [-0.2, 0) is 14.3 Å². The van der Waals surface area contributed by atoms with E-state index in [1.54, 1.807) is 4.90 Å². The maximum atomic E-state index is 12.0. The molecule has 2 amide bonds. The highest BCUT2D eigenvalue weighted by Crippen LogP contribution is 2.17. The summed E-state index contributed by atoms with van der Waals surface area (Å²) in [6.07, 6.45) is 2.81. The molecule has 3 N–H and O–H groups in total. The van der Waals surface area contributed by atoms with E-state index in [2.05, 4.69) is 5.32 Å². The highest BCUT2D eigenvalue weighted by Gasteiger charge is 2.26. The molecular formula is C15H30ClN3O3. The molecule has 1 heterocycles. The van der Waals surface area contributed by atoms with Gasteiger partial charge in [-0.15, -0.1) is 12.4 Å². The molecule has 0 saturated carbocycles. The molecule has 1 unspecified atom stereocenters. The Kier molecular flexibility index (Phi) is 11.2. The van der Waals surface area contributed by atoms with Gasteiger partial charge in [-0.1, -0.05) is 0 Å². The van der Waals surface area contributed by atoms with Crippen LogP contribution in [0.3, 0.4) is 0 Å². The van der Waals surface area contributed by atoms with Gasteiger partial charge in [0, 0.05) is 39.3 Å². The quantitative estimate of drug-likeness (QED) is 0.646. The summed E-state index contributed by atoms with van der Waals surface area (Å²) >= 11 is 0. The lowest BCUT2D eigenvalue weighted by molar-refractivity contribution is -0.131. The van der Waals surface area contributed by atoms with E-state index in [-0.39, 0.29) is 30.1 Å². The van der Waals surface area contributed by atoms with Crippen molar-refractivity contribution in [1.82, 2.24) is 10.2 Å². The van der Waals surface area contributed by atoms with Gasteiger partial charge in [-0.2, -0.15) is 0 Å². The molecule has 1 aliphatic rings. The zero-order valence-corrected chi connectivity index (χ0v) is 14.5. The summed E-state index contributed by atoms with van der Waals surface area (Å²) in [5, 5.41) is 2.83. The van der Waals surface area contributed by atoms with Crippen molar-refractivity contribution in [3.8, 4) is 0 Å².